The summed E-state index contributed by atoms with van der Waals surface area (Å²) in [6.07, 6.45) is 0. The summed E-state index contributed by atoms with van der Waals surface area (Å²) in [5.74, 6) is 0. The molecule has 0 aliphatic rings. The van der Waals surface area contributed by atoms with Gasteiger partial charge in [-0.3, -0.25) is 0 Å². The topological polar surface area (TPSA) is 21.3 Å². The second kappa shape index (κ2) is 5.64. The molecule has 0 aliphatic heterocycles. The Morgan fingerprint density at radius 2 is 1.87 bits per heavy atom. The fourth-order valence-corrected chi connectivity index (χ4v) is 1.60. The van der Waals surface area contributed by atoms with Gasteiger partial charge in [0.05, 0.1) is 12.2 Å². The Hall–Kier alpha value is -0.380. The van der Waals surface area contributed by atoms with E-state index in [2.05, 4.69) is 47.2 Å². The average Bonchev–Trinajstić information content (AvgIpc) is 2.17. The zero-order valence-electron chi connectivity index (χ0n) is 9.51. The van der Waals surface area contributed by atoms with Gasteiger partial charge in [0.1, 0.15) is 0 Å². The highest BCUT2D eigenvalue weighted by atomic mass is 79.9. The van der Waals surface area contributed by atoms with E-state index in [0.717, 1.165) is 11.0 Å². The molecule has 0 radical (unpaired) electrons. The van der Waals surface area contributed by atoms with Crippen LogP contribution < -0.4 is 5.32 Å². The van der Waals surface area contributed by atoms with Crippen molar-refractivity contribution in [2.45, 2.75) is 26.1 Å². The van der Waals surface area contributed by atoms with Crippen LogP contribution in [0.4, 0.5) is 0 Å². The van der Waals surface area contributed by atoms with Gasteiger partial charge < -0.3 is 10.1 Å². The van der Waals surface area contributed by atoms with Crippen LogP contribution >= 0.6 is 15.9 Å². The van der Waals surface area contributed by atoms with Crippen molar-refractivity contribution in [3.05, 3.63) is 34.3 Å². The smallest absolute Gasteiger partial charge is 0.0754 e. The number of hydrogen-bond acceptors (Lipinski definition) is 2. The molecule has 0 spiro atoms. The highest BCUT2D eigenvalue weighted by Crippen LogP contribution is 2.14. The first-order valence-corrected chi connectivity index (χ1v) is 5.86. The maximum absolute atomic E-state index is 5.82. The highest BCUT2D eigenvalue weighted by molar-refractivity contribution is 9.10. The predicted octanol–water partition coefficient (Wildman–Crippen LogP) is 2.96. The van der Waals surface area contributed by atoms with E-state index >= 15 is 0 Å². The minimum Gasteiger partial charge on any atom is -0.370 e. The molecular formula is C12H18BrNO. The molecule has 0 atom stereocenters. The van der Waals surface area contributed by atoms with Gasteiger partial charge in [0.2, 0.25) is 0 Å². The molecule has 3 heteroatoms. The van der Waals surface area contributed by atoms with Gasteiger partial charge in [-0.25, -0.2) is 0 Å². The lowest BCUT2D eigenvalue weighted by Crippen LogP contribution is -2.35. The number of rotatable bonds is 5. The molecule has 0 saturated heterocycles. The fourth-order valence-electron chi connectivity index (χ4n) is 1.34. The van der Waals surface area contributed by atoms with E-state index < -0.39 is 0 Å². The molecule has 0 amide bonds. The summed E-state index contributed by atoms with van der Waals surface area (Å²) in [5.41, 5.74) is 1.07. The number of nitrogens with one attached hydrogen (secondary N) is 1. The first-order valence-electron chi connectivity index (χ1n) is 5.06. The Morgan fingerprint density at radius 3 is 2.40 bits per heavy atom. The van der Waals surface area contributed by atoms with Gasteiger partial charge in [0.15, 0.2) is 0 Å². The molecule has 1 N–H and O–H groups in total. The monoisotopic (exact) mass is 271 g/mol. The Morgan fingerprint density at radius 1 is 1.27 bits per heavy atom. The van der Waals surface area contributed by atoms with Crippen LogP contribution in [0.15, 0.2) is 28.7 Å². The Bertz CT molecular complexity index is 295. The summed E-state index contributed by atoms with van der Waals surface area (Å²) < 4.78 is 6.92. The highest BCUT2D eigenvalue weighted by Gasteiger charge is 2.16. The van der Waals surface area contributed by atoms with E-state index in [4.69, 9.17) is 4.74 Å². The standard InChI is InChI=1S/C12H18BrNO/c1-12(2,9-14-3)15-8-10-4-6-11(13)7-5-10/h4-7,14H,8-9H2,1-3H3. The molecule has 0 saturated carbocycles. The van der Waals surface area contributed by atoms with Gasteiger partial charge in [-0.05, 0) is 38.6 Å². The van der Waals surface area contributed by atoms with Crippen LogP contribution in [0.5, 0.6) is 0 Å². The van der Waals surface area contributed by atoms with Gasteiger partial charge >= 0.3 is 0 Å². The minimum absolute atomic E-state index is 0.123. The lowest BCUT2D eigenvalue weighted by molar-refractivity contribution is -0.0267. The molecule has 84 valence electrons. The van der Waals surface area contributed by atoms with Crippen LogP contribution in [0, 0.1) is 0 Å². The summed E-state index contributed by atoms with van der Waals surface area (Å²) in [4.78, 5) is 0. The molecule has 1 aromatic rings. The van der Waals surface area contributed by atoms with E-state index in [-0.39, 0.29) is 5.60 Å². The van der Waals surface area contributed by atoms with Crippen LogP contribution in [0.1, 0.15) is 19.4 Å². The van der Waals surface area contributed by atoms with Gasteiger partial charge in [-0.2, -0.15) is 0 Å². The molecular weight excluding hydrogens is 254 g/mol. The molecule has 15 heavy (non-hydrogen) atoms. The average molecular weight is 272 g/mol. The number of hydrogen-bond donors (Lipinski definition) is 1. The predicted molar refractivity (Wildman–Crippen MR) is 66.9 cm³/mol. The van der Waals surface area contributed by atoms with Crippen molar-refractivity contribution in [3.8, 4) is 0 Å². The van der Waals surface area contributed by atoms with Gasteiger partial charge in [0.25, 0.3) is 0 Å². The maximum atomic E-state index is 5.82. The largest absolute Gasteiger partial charge is 0.370 e. The van der Waals surface area contributed by atoms with Crippen molar-refractivity contribution in [1.82, 2.24) is 5.32 Å². The van der Waals surface area contributed by atoms with E-state index in [1.54, 1.807) is 0 Å². The summed E-state index contributed by atoms with van der Waals surface area (Å²) >= 11 is 3.41. The van der Waals surface area contributed by atoms with Gasteiger partial charge in [-0.1, -0.05) is 28.1 Å². The van der Waals surface area contributed by atoms with Gasteiger partial charge in [0, 0.05) is 11.0 Å². The number of ether oxygens (including phenoxy) is 1. The summed E-state index contributed by atoms with van der Waals surface area (Å²) in [6.45, 7) is 5.68. The lowest BCUT2D eigenvalue weighted by atomic mass is 10.1. The van der Waals surface area contributed by atoms with Crippen molar-refractivity contribution < 1.29 is 4.74 Å². The quantitative estimate of drug-likeness (QED) is 0.889. The minimum atomic E-state index is -0.123. The molecule has 0 heterocycles. The molecule has 2 nitrogen and oxygen atoms in total. The van der Waals surface area contributed by atoms with Crippen molar-refractivity contribution in [2.75, 3.05) is 13.6 Å². The van der Waals surface area contributed by atoms with Crippen LogP contribution in [-0.4, -0.2) is 19.2 Å². The number of likely N-dealkylation sites (N-methyl/N-ethyl adjacent to an activating group) is 1. The van der Waals surface area contributed by atoms with Crippen LogP contribution in [-0.2, 0) is 11.3 Å². The normalized spacial score (nSPS) is 11.7. The molecule has 0 aromatic heterocycles. The fraction of sp³-hybridized carbons (Fsp3) is 0.500. The second-order valence-corrected chi connectivity index (χ2v) is 5.12. The van der Waals surface area contributed by atoms with E-state index in [0.29, 0.717) is 6.61 Å². The van der Waals surface area contributed by atoms with E-state index in [9.17, 15) is 0 Å². The van der Waals surface area contributed by atoms with Crippen molar-refractivity contribution in [1.29, 1.82) is 0 Å². The molecule has 0 fully saturated rings. The molecule has 0 aliphatic carbocycles. The van der Waals surface area contributed by atoms with Crippen molar-refractivity contribution in [2.24, 2.45) is 0 Å². The first-order chi connectivity index (χ1) is 7.03. The third-order valence-electron chi connectivity index (χ3n) is 2.15. The Balaban J connectivity index is 2.46. The Kier molecular flexibility index (Phi) is 4.77. The zero-order chi connectivity index (χ0) is 11.3. The Labute approximate surface area is 100 Å². The molecule has 0 bridgehead atoms. The molecule has 1 rings (SSSR count). The summed E-state index contributed by atoms with van der Waals surface area (Å²) in [5, 5.41) is 3.12. The van der Waals surface area contributed by atoms with Crippen molar-refractivity contribution in [3.63, 3.8) is 0 Å². The van der Waals surface area contributed by atoms with Crippen LogP contribution in [0.2, 0.25) is 0 Å². The molecule has 0 unspecified atom stereocenters. The van der Waals surface area contributed by atoms with Crippen molar-refractivity contribution >= 4 is 15.9 Å². The van der Waals surface area contributed by atoms with Crippen LogP contribution in [0.25, 0.3) is 0 Å². The summed E-state index contributed by atoms with van der Waals surface area (Å²) in [6, 6.07) is 8.20. The molecule has 1 aromatic carbocycles. The third-order valence-corrected chi connectivity index (χ3v) is 2.67. The lowest BCUT2D eigenvalue weighted by Gasteiger charge is -2.25. The van der Waals surface area contributed by atoms with E-state index in [1.807, 2.05) is 19.2 Å². The maximum Gasteiger partial charge on any atom is 0.0754 e. The first kappa shape index (κ1) is 12.7. The zero-order valence-corrected chi connectivity index (χ0v) is 11.1. The van der Waals surface area contributed by atoms with Gasteiger partial charge in [-0.15, -0.1) is 0 Å². The van der Waals surface area contributed by atoms with Crippen LogP contribution in [0.3, 0.4) is 0 Å². The second-order valence-electron chi connectivity index (χ2n) is 4.21. The number of benzene rings is 1. The summed E-state index contributed by atoms with van der Waals surface area (Å²) in [7, 11) is 1.94. The third kappa shape index (κ3) is 4.78. The van der Waals surface area contributed by atoms with E-state index in [1.165, 1.54) is 5.56 Å². The SMILES string of the molecule is CNCC(C)(C)OCc1ccc(Br)cc1. The number of halogens is 1.